The molecule has 0 bridgehead atoms. The summed E-state index contributed by atoms with van der Waals surface area (Å²) in [5.41, 5.74) is 3.32. The Morgan fingerprint density at radius 2 is 1.77 bits per heavy atom. The molecule has 1 saturated heterocycles. The standard InChI is InChI=1S/C18H17N3O/c1-2-6-13(7-3-1)14-8-4-9-15(12-14)17-20-18(22-21-17)16-10-5-11-19-16/h1-4,6-9,12,16,19H,5,10-11H2. The van der Waals surface area contributed by atoms with Gasteiger partial charge in [0.2, 0.25) is 11.7 Å². The maximum atomic E-state index is 5.42. The molecule has 1 aliphatic rings. The molecular weight excluding hydrogens is 274 g/mol. The van der Waals surface area contributed by atoms with E-state index in [1.54, 1.807) is 0 Å². The highest BCUT2D eigenvalue weighted by atomic mass is 16.5. The van der Waals surface area contributed by atoms with Crippen LogP contribution in [0.3, 0.4) is 0 Å². The maximum Gasteiger partial charge on any atom is 0.244 e. The molecule has 1 unspecified atom stereocenters. The smallest absolute Gasteiger partial charge is 0.244 e. The van der Waals surface area contributed by atoms with Crippen molar-refractivity contribution >= 4 is 0 Å². The third kappa shape index (κ3) is 2.53. The van der Waals surface area contributed by atoms with Gasteiger partial charge in [-0.25, -0.2) is 0 Å². The summed E-state index contributed by atoms with van der Waals surface area (Å²) >= 11 is 0. The minimum atomic E-state index is 0.207. The van der Waals surface area contributed by atoms with E-state index in [4.69, 9.17) is 4.52 Å². The second kappa shape index (κ2) is 5.73. The number of aromatic nitrogens is 2. The van der Waals surface area contributed by atoms with Crippen molar-refractivity contribution in [2.75, 3.05) is 6.54 Å². The second-order valence-corrected chi connectivity index (χ2v) is 5.55. The van der Waals surface area contributed by atoms with Crippen LogP contribution in [0.2, 0.25) is 0 Å². The van der Waals surface area contributed by atoms with E-state index in [2.05, 4.69) is 39.7 Å². The van der Waals surface area contributed by atoms with Crippen LogP contribution < -0.4 is 5.32 Å². The third-order valence-electron chi connectivity index (χ3n) is 4.03. The van der Waals surface area contributed by atoms with Gasteiger partial charge in [-0.3, -0.25) is 0 Å². The number of nitrogens with one attached hydrogen (secondary N) is 1. The first-order valence-electron chi connectivity index (χ1n) is 7.63. The molecule has 110 valence electrons. The first kappa shape index (κ1) is 13.2. The Morgan fingerprint density at radius 3 is 2.59 bits per heavy atom. The van der Waals surface area contributed by atoms with Gasteiger partial charge in [0, 0.05) is 5.56 Å². The minimum absolute atomic E-state index is 0.207. The van der Waals surface area contributed by atoms with E-state index in [-0.39, 0.29) is 6.04 Å². The van der Waals surface area contributed by atoms with Gasteiger partial charge >= 0.3 is 0 Å². The molecule has 1 aromatic heterocycles. The van der Waals surface area contributed by atoms with Gasteiger partial charge in [0.1, 0.15) is 0 Å². The fourth-order valence-corrected chi connectivity index (χ4v) is 2.86. The Labute approximate surface area is 129 Å². The van der Waals surface area contributed by atoms with E-state index in [0.717, 1.165) is 30.5 Å². The van der Waals surface area contributed by atoms with Crippen LogP contribution in [-0.2, 0) is 0 Å². The molecule has 4 rings (SSSR count). The summed E-state index contributed by atoms with van der Waals surface area (Å²) in [5, 5.41) is 7.52. The molecule has 1 fully saturated rings. The predicted octanol–water partition coefficient (Wildman–Crippen LogP) is 3.83. The summed E-state index contributed by atoms with van der Waals surface area (Å²) in [4.78, 5) is 4.56. The van der Waals surface area contributed by atoms with E-state index in [9.17, 15) is 0 Å². The van der Waals surface area contributed by atoms with Crippen molar-refractivity contribution in [2.24, 2.45) is 0 Å². The van der Waals surface area contributed by atoms with Crippen molar-refractivity contribution in [1.82, 2.24) is 15.5 Å². The molecule has 22 heavy (non-hydrogen) atoms. The van der Waals surface area contributed by atoms with E-state index in [1.165, 1.54) is 5.56 Å². The molecule has 3 aromatic rings. The Hall–Kier alpha value is -2.46. The SMILES string of the molecule is c1ccc(-c2cccc(-c3noc(C4CCCN4)n3)c2)cc1. The van der Waals surface area contributed by atoms with E-state index in [1.807, 2.05) is 30.3 Å². The van der Waals surface area contributed by atoms with Crippen LogP contribution in [0.5, 0.6) is 0 Å². The lowest BCUT2D eigenvalue weighted by atomic mass is 10.0. The molecule has 1 atom stereocenters. The molecule has 1 N–H and O–H groups in total. The van der Waals surface area contributed by atoms with Gasteiger partial charge in [0.05, 0.1) is 6.04 Å². The first-order valence-corrected chi connectivity index (χ1v) is 7.63. The average molecular weight is 291 g/mol. The average Bonchev–Trinajstić information content (AvgIpc) is 3.27. The molecule has 1 aliphatic heterocycles. The monoisotopic (exact) mass is 291 g/mol. The quantitative estimate of drug-likeness (QED) is 0.797. The number of nitrogens with zero attached hydrogens (tertiary/aromatic N) is 2. The van der Waals surface area contributed by atoms with Gasteiger partial charge in [0.25, 0.3) is 0 Å². The van der Waals surface area contributed by atoms with E-state index < -0.39 is 0 Å². The molecule has 2 heterocycles. The predicted molar refractivity (Wildman–Crippen MR) is 85.1 cm³/mol. The van der Waals surface area contributed by atoms with Gasteiger partial charge in [-0.1, -0.05) is 53.7 Å². The van der Waals surface area contributed by atoms with Gasteiger partial charge in [-0.15, -0.1) is 0 Å². The van der Waals surface area contributed by atoms with Crippen LogP contribution in [0.4, 0.5) is 0 Å². The summed E-state index contributed by atoms with van der Waals surface area (Å²) < 4.78 is 5.42. The minimum Gasteiger partial charge on any atom is -0.337 e. The van der Waals surface area contributed by atoms with Crippen molar-refractivity contribution in [3.63, 3.8) is 0 Å². The molecule has 0 radical (unpaired) electrons. The third-order valence-corrected chi connectivity index (χ3v) is 4.03. The second-order valence-electron chi connectivity index (χ2n) is 5.55. The lowest BCUT2D eigenvalue weighted by Gasteiger charge is -2.03. The molecule has 0 spiro atoms. The highest BCUT2D eigenvalue weighted by Crippen LogP contribution is 2.27. The van der Waals surface area contributed by atoms with Crippen molar-refractivity contribution in [3.05, 3.63) is 60.5 Å². The highest BCUT2D eigenvalue weighted by Gasteiger charge is 2.22. The van der Waals surface area contributed by atoms with Crippen LogP contribution in [0, 0.1) is 0 Å². The summed E-state index contributed by atoms with van der Waals surface area (Å²) in [5.74, 6) is 1.35. The fraction of sp³-hybridized carbons (Fsp3) is 0.222. The summed E-state index contributed by atoms with van der Waals surface area (Å²) in [6, 6.07) is 18.8. The van der Waals surface area contributed by atoms with Crippen molar-refractivity contribution in [1.29, 1.82) is 0 Å². The highest BCUT2D eigenvalue weighted by molar-refractivity contribution is 5.69. The Kier molecular flexibility index (Phi) is 3.45. The number of hydrogen-bond donors (Lipinski definition) is 1. The zero-order valence-corrected chi connectivity index (χ0v) is 12.2. The molecule has 4 nitrogen and oxygen atoms in total. The van der Waals surface area contributed by atoms with E-state index >= 15 is 0 Å². The van der Waals surface area contributed by atoms with Crippen molar-refractivity contribution < 1.29 is 4.52 Å². The normalized spacial score (nSPS) is 17.7. The Morgan fingerprint density at radius 1 is 0.955 bits per heavy atom. The number of rotatable bonds is 3. The van der Waals surface area contributed by atoms with Gasteiger partial charge in [-0.05, 0) is 36.6 Å². The van der Waals surface area contributed by atoms with E-state index in [0.29, 0.717) is 11.7 Å². The van der Waals surface area contributed by atoms with Crippen LogP contribution in [0.25, 0.3) is 22.5 Å². The fourth-order valence-electron chi connectivity index (χ4n) is 2.86. The first-order chi connectivity index (χ1) is 10.9. The lowest BCUT2D eigenvalue weighted by Crippen LogP contribution is -2.12. The summed E-state index contributed by atoms with van der Waals surface area (Å²) in [6.07, 6.45) is 2.22. The van der Waals surface area contributed by atoms with Gasteiger partial charge in [0.15, 0.2) is 0 Å². The van der Waals surface area contributed by atoms with Crippen LogP contribution in [-0.4, -0.2) is 16.7 Å². The van der Waals surface area contributed by atoms with Crippen LogP contribution >= 0.6 is 0 Å². The van der Waals surface area contributed by atoms with Crippen LogP contribution in [0.1, 0.15) is 24.8 Å². The number of hydrogen-bond acceptors (Lipinski definition) is 4. The molecule has 0 amide bonds. The Balaban J connectivity index is 1.65. The molecule has 4 heteroatoms. The zero-order valence-electron chi connectivity index (χ0n) is 12.2. The zero-order chi connectivity index (χ0) is 14.8. The van der Waals surface area contributed by atoms with Gasteiger partial charge in [-0.2, -0.15) is 4.98 Å². The Bertz CT molecular complexity index is 761. The molecule has 0 saturated carbocycles. The largest absolute Gasteiger partial charge is 0.337 e. The van der Waals surface area contributed by atoms with Gasteiger partial charge < -0.3 is 9.84 Å². The molecule has 0 aliphatic carbocycles. The summed E-state index contributed by atoms with van der Waals surface area (Å²) in [7, 11) is 0. The topological polar surface area (TPSA) is 51.0 Å². The lowest BCUT2D eigenvalue weighted by molar-refractivity contribution is 0.345. The van der Waals surface area contributed by atoms with Crippen LogP contribution in [0.15, 0.2) is 59.1 Å². The molecular formula is C18H17N3O. The number of benzene rings is 2. The molecule has 2 aromatic carbocycles. The summed E-state index contributed by atoms with van der Waals surface area (Å²) in [6.45, 7) is 1.02. The maximum absolute atomic E-state index is 5.42. The van der Waals surface area contributed by atoms with Crippen molar-refractivity contribution in [2.45, 2.75) is 18.9 Å². The van der Waals surface area contributed by atoms with Crippen molar-refractivity contribution in [3.8, 4) is 22.5 Å².